The second-order valence-electron chi connectivity index (χ2n) is 4.76. The molecule has 98 valence electrons. The second-order valence-corrected chi connectivity index (χ2v) is 5.20. The van der Waals surface area contributed by atoms with Crippen molar-refractivity contribution in [2.45, 2.75) is 19.3 Å². The minimum absolute atomic E-state index is 0.0261. The maximum absolute atomic E-state index is 10.3. The van der Waals surface area contributed by atoms with Crippen molar-refractivity contribution in [3.05, 3.63) is 47.0 Å². The summed E-state index contributed by atoms with van der Waals surface area (Å²) in [5.41, 5.74) is 1.17. The van der Waals surface area contributed by atoms with Crippen LogP contribution in [0.4, 0.5) is 0 Å². The summed E-state index contributed by atoms with van der Waals surface area (Å²) in [6.45, 7) is 5.57. The van der Waals surface area contributed by atoms with Gasteiger partial charge in [-0.05, 0) is 17.7 Å². The van der Waals surface area contributed by atoms with Crippen molar-refractivity contribution in [1.29, 1.82) is 0 Å². The van der Waals surface area contributed by atoms with Gasteiger partial charge in [-0.3, -0.25) is 0 Å². The Kier molecular flexibility index (Phi) is 5.38. The molecule has 0 radical (unpaired) electrons. The molecule has 0 aliphatic rings. The number of nitrogens with one attached hydrogen (secondary N) is 1. The molecule has 0 aliphatic carbocycles. The molecule has 0 bridgehead atoms. The molecule has 3 nitrogen and oxygen atoms in total. The number of carboxylic acid groups (broad SMARTS) is 1. The molecule has 1 aromatic carbocycles. The van der Waals surface area contributed by atoms with Crippen LogP contribution in [0.15, 0.2) is 36.4 Å². The maximum atomic E-state index is 10.3. The van der Waals surface area contributed by atoms with Gasteiger partial charge in [0.15, 0.2) is 0 Å². The Morgan fingerprint density at radius 1 is 1.39 bits per heavy atom. The average Bonchev–Trinajstić information content (AvgIpc) is 2.28. The first-order valence-corrected chi connectivity index (χ1v) is 6.16. The average molecular weight is 268 g/mol. The van der Waals surface area contributed by atoms with Crippen LogP contribution in [0.25, 0.3) is 0 Å². The van der Waals surface area contributed by atoms with Crippen LogP contribution in [0, 0.1) is 0 Å². The van der Waals surface area contributed by atoms with Crippen molar-refractivity contribution in [3.63, 3.8) is 0 Å². The number of hydrogen-bond donors (Lipinski definition) is 2. The monoisotopic (exact) mass is 267 g/mol. The number of rotatable bonds is 6. The van der Waals surface area contributed by atoms with E-state index in [1.807, 2.05) is 24.3 Å². The van der Waals surface area contributed by atoms with Crippen molar-refractivity contribution in [3.8, 4) is 0 Å². The van der Waals surface area contributed by atoms with E-state index >= 15 is 0 Å². The van der Waals surface area contributed by atoms with E-state index < -0.39 is 5.97 Å². The minimum atomic E-state index is -0.922. The molecule has 1 aromatic rings. The van der Waals surface area contributed by atoms with Crippen LogP contribution >= 0.6 is 11.6 Å². The summed E-state index contributed by atoms with van der Waals surface area (Å²) in [6.07, 6.45) is 2.74. The Bertz CT molecular complexity index is 424. The standard InChI is InChI=1S/C14H18ClNO2/c1-14(2,10-16-9-3-4-13(17)18)11-5-7-12(15)8-6-11/h3-8,16H,9-10H2,1-2H3,(H,17,18)/b4-3+. The first-order chi connectivity index (χ1) is 8.42. The lowest BCUT2D eigenvalue weighted by atomic mass is 9.84. The summed E-state index contributed by atoms with van der Waals surface area (Å²) >= 11 is 5.86. The lowest BCUT2D eigenvalue weighted by Crippen LogP contribution is -2.33. The van der Waals surface area contributed by atoms with Gasteiger partial charge in [-0.15, -0.1) is 0 Å². The molecule has 0 saturated carbocycles. The molecule has 18 heavy (non-hydrogen) atoms. The summed E-state index contributed by atoms with van der Waals surface area (Å²) in [7, 11) is 0. The Morgan fingerprint density at radius 3 is 2.56 bits per heavy atom. The predicted octanol–water partition coefficient (Wildman–Crippen LogP) is 2.85. The van der Waals surface area contributed by atoms with Crippen molar-refractivity contribution in [2.24, 2.45) is 0 Å². The zero-order chi connectivity index (χ0) is 13.6. The molecular formula is C14H18ClNO2. The van der Waals surface area contributed by atoms with Gasteiger partial charge in [0.2, 0.25) is 0 Å². The van der Waals surface area contributed by atoms with E-state index in [0.29, 0.717) is 6.54 Å². The van der Waals surface area contributed by atoms with Gasteiger partial charge in [0.1, 0.15) is 0 Å². The van der Waals surface area contributed by atoms with E-state index in [1.54, 1.807) is 6.08 Å². The van der Waals surface area contributed by atoms with Gasteiger partial charge in [0.25, 0.3) is 0 Å². The SMILES string of the molecule is CC(C)(CNC/C=C/C(=O)O)c1ccc(Cl)cc1. The quantitative estimate of drug-likeness (QED) is 0.616. The molecule has 0 spiro atoms. The Labute approximate surface area is 112 Å². The van der Waals surface area contributed by atoms with Gasteiger partial charge in [-0.25, -0.2) is 4.79 Å². The maximum Gasteiger partial charge on any atom is 0.328 e. The minimum Gasteiger partial charge on any atom is -0.478 e. The molecule has 4 heteroatoms. The van der Waals surface area contributed by atoms with Crippen LogP contribution in [0.1, 0.15) is 19.4 Å². The largest absolute Gasteiger partial charge is 0.478 e. The van der Waals surface area contributed by atoms with E-state index in [1.165, 1.54) is 5.56 Å². The first-order valence-electron chi connectivity index (χ1n) is 5.78. The number of benzene rings is 1. The number of hydrogen-bond acceptors (Lipinski definition) is 2. The first kappa shape index (κ1) is 14.7. The van der Waals surface area contributed by atoms with Crippen LogP contribution in [0.3, 0.4) is 0 Å². The van der Waals surface area contributed by atoms with Gasteiger partial charge in [0.05, 0.1) is 0 Å². The molecule has 0 aliphatic heterocycles. The summed E-state index contributed by atoms with van der Waals surface area (Å²) < 4.78 is 0. The second kappa shape index (κ2) is 6.57. The summed E-state index contributed by atoms with van der Waals surface area (Å²) in [5, 5.41) is 12.4. The molecule has 0 fully saturated rings. The molecule has 0 amide bonds. The fourth-order valence-corrected chi connectivity index (χ4v) is 1.76. The Balaban J connectivity index is 2.49. The lowest BCUT2D eigenvalue weighted by Gasteiger charge is -2.25. The normalized spacial score (nSPS) is 11.9. The highest BCUT2D eigenvalue weighted by atomic mass is 35.5. The van der Waals surface area contributed by atoms with Gasteiger partial charge in [-0.2, -0.15) is 0 Å². The number of carboxylic acids is 1. The van der Waals surface area contributed by atoms with E-state index in [2.05, 4.69) is 19.2 Å². The molecule has 1 rings (SSSR count). The molecule has 0 saturated heterocycles. The van der Waals surface area contributed by atoms with Crippen LogP contribution in [0.5, 0.6) is 0 Å². The molecule has 0 heterocycles. The summed E-state index contributed by atoms with van der Waals surface area (Å²) in [4.78, 5) is 10.3. The molecule has 0 aromatic heterocycles. The van der Waals surface area contributed by atoms with Crippen LogP contribution < -0.4 is 5.32 Å². The van der Waals surface area contributed by atoms with Crippen molar-refractivity contribution >= 4 is 17.6 Å². The fourth-order valence-electron chi connectivity index (χ4n) is 1.63. The van der Waals surface area contributed by atoms with Crippen LogP contribution in [-0.4, -0.2) is 24.2 Å². The predicted molar refractivity (Wildman–Crippen MR) is 74.1 cm³/mol. The number of carbonyl (C=O) groups is 1. The highest BCUT2D eigenvalue weighted by Gasteiger charge is 2.19. The summed E-state index contributed by atoms with van der Waals surface area (Å²) in [5.74, 6) is -0.922. The fraction of sp³-hybridized carbons (Fsp3) is 0.357. The van der Waals surface area contributed by atoms with E-state index in [4.69, 9.17) is 16.7 Å². The van der Waals surface area contributed by atoms with Crippen molar-refractivity contribution in [2.75, 3.05) is 13.1 Å². The Morgan fingerprint density at radius 2 is 2.00 bits per heavy atom. The van der Waals surface area contributed by atoms with E-state index in [9.17, 15) is 4.79 Å². The highest BCUT2D eigenvalue weighted by Crippen LogP contribution is 2.23. The third-order valence-corrected chi connectivity index (χ3v) is 2.97. The summed E-state index contributed by atoms with van der Waals surface area (Å²) in [6, 6.07) is 7.78. The molecule has 0 atom stereocenters. The van der Waals surface area contributed by atoms with E-state index in [0.717, 1.165) is 17.6 Å². The van der Waals surface area contributed by atoms with Gasteiger partial charge < -0.3 is 10.4 Å². The molecule has 0 unspecified atom stereocenters. The van der Waals surface area contributed by atoms with E-state index in [-0.39, 0.29) is 5.41 Å². The Hall–Kier alpha value is -1.32. The zero-order valence-electron chi connectivity index (χ0n) is 10.6. The third kappa shape index (κ3) is 4.90. The van der Waals surface area contributed by atoms with Crippen molar-refractivity contribution < 1.29 is 9.90 Å². The van der Waals surface area contributed by atoms with Gasteiger partial charge in [0, 0.05) is 29.6 Å². The number of aliphatic carboxylic acids is 1. The highest BCUT2D eigenvalue weighted by molar-refractivity contribution is 6.30. The van der Waals surface area contributed by atoms with Gasteiger partial charge >= 0.3 is 5.97 Å². The van der Waals surface area contributed by atoms with Crippen LogP contribution in [0.2, 0.25) is 5.02 Å². The third-order valence-electron chi connectivity index (χ3n) is 2.72. The smallest absolute Gasteiger partial charge is 0.328 e. The molecule has 2 N–H and O–H groups in total. The molecular weight excluding hydrogens is 250 g/mol. The lowest BCUT2D eigenvalue weighted by molar-refractivity contribution is -0.131. The number of halogens is 1. The van der Waals surface area contributed by atoms with Crippen molar-refractivity contribution in [1.82, 2.24) is 5.32 Å². The van der Waals surface area contributed by atoms with Crippen LogP contribution in [-0.2, 0) is 10.2 Å². The zero-order valence-corrected chi connectivity index (χ0v) is 11.4. The topological polar surface area (TPSA) is 49.3 Å². The van der Waals surface area contributed by atoms with Gasteiger partial charge in [-0.1, -0.05) is 43.7 Å².